The summed E-state index contributed by atoms with van der Waals surface area (Å²) in [5.41, 5.74) is 0.275. The molecule has 0 atom stereocenters. The molecule has 0 saturated heterocycles. The molecule has 0 aromatic heterocycles. The second-order valence-electron chi connectivity index (χ2n) is 2.65. The Morgan fingerprint density at radius 3 is 2.57 bits per heavy atom. The Hall–Kier alpha value is -1.55. The Morgan fingerprint density at radius 1 is 1.43 bits per heavy atom. The summed E-state index contributed by atoms with van der Waals surface area (Å²) >= 11 is 5.75. The second kappa shape index (κ2) is 4.11. The number of rotatable bonds is 2. The van der Waals surface area contributed by atoms with Gasteiger partial charge in [-0.2, -0.15) is 0 Å². The lowest BCUT2D eigenvalue weighted by molar-refractivity contribution is -0.114. The van der Waals surface area contributed by atoms with E-state index >= 15 is 0 Å². The number of carbonyl (C=O) groups excluding carboxylic acids is 1. The molecule has 14 heavy (non-hydrogen) atoms. The van der Waals surface area contributed by atoms with Crippen LogP contribution in [0.2, 0.25) is 5.02 Å². The average Bonchev–Trinajstić information content (AvgIpc) is 2.07. The van der Waals surface area contributed by atoms with Crippen LogP contribution in [0, 0.1) is 0 Å². The topological polar surface area (TPSA) is 66.4 Å². The molecular weight excluding hydrogens is 206 g/mol. The number of amides is 1. The summed E-state index contributed by atoms with van der Waals surface area (Å²) in [6.45, 7) is 1.32. The van der Waals surface area contributed by atoms with Crippen LogP contribution >= 0.6 is 11.6 Å². The SMILES string of the molecule is CC(=O)Nc1cccc(C(=O)O)c1Cl. The van der Waals surface area contributed by atoms with Crippen LogP contribution in [0.25, 0.3) is 0 Å². The first-order valence-corrected chi connectivity index (χ1v) is 4.19. The molecule has 2 N–H and O–H groups in total. The zero-order valence-electron chi connectivity index (χ0n) is 7.37. The third-order valence-electron chi connectivity index (χ3n) is 1.54. The highest BCUT2D eigenvalue weighted by molar-refractivity contribution is 6.36. The molecule has 0 spiro atoms. The molecule has 1 amide bonds. The third-order valence-corrected chi connectivity index (χ3v) is 1.95. The molecule has 1 aromatic carbocycles. The van der Waals surface area contributed by atoms with Gasteiger partial charge in [0, 0.05) is 6.92 Å². The molecule has 0 aliphatic carbocycles. The van der Waals surface area contributed by atoms with E-state index in [2.05, 4.69) is 5.32 Å². The highest BCUT2D eigenvalue weighted by Gasteiger charge is 2.12. The molecule has 0 aliphatic rings. The van der Waals surface area contributed by atoms with Gasteiger partial charge >= 0.3 is 5.97 Å². The first-order chi connectivity index (χ1) is 6.52. The number of halogens is 1. The predicted octanol–water partition coefficient (Wildman–Crippen LogP) is 2.00. The van der Waals surface area contributed by atoms with Crippen LogP contribution in [-0.2, 0) is 4.79 Å². The van der Waals surface area contributed by atoms with Crippen molar-refractivity contribution in [3.8, 4) is 0 Å². The maximum Gasteiger partial charge on any atom is 0.337 e. The molecule has 1 aromatic rings. The molecule has 1 rings (SSSR count). The summed E-state index contributed by atoms with van der Waals surface area (Å²) < 4.78 is 0. The van der Waals surface area contributed by atoms with Gasteiger partial charge in [0.2, 0.25) is 5.91 Å². The van der Waals surface area contributed by atoms with Gasteiger partial charge in [-0.05, 0) is 12.1 Å². The summed E-state index contributed by atoms with van der Waals surface area (Å²) in [6.07, 6.45) is 0. The minimum atomic E-state index is -1.12. The average molecular weight is 214 g/mol. The van der Waals surface area contributed by atoms with E-state index in [-0.39, 0.29) is 16.5 Å². The number of carbonyl (C=O) groups is 2. The Bertz CT molecular complexity index is 390. The molecule has 0 fully saturated rings. The van der Waals surface area contributed by atoms with Gasteiger partial charge in [0.1, 0.15) is 0 Å². The summed E-state index contributed by atoms with van der Waals surface area (Å²) in [6, 6.07) is 4.42. The molecular formula is C9H8ClNO3. The van der Waals surface area contributed by atoms with Crippen molar-refractivity contribution in [1.82, 2.24) is 0 Å². The van der Waals surface area contributed by atoms with Crippen LogP contribution in [-0.4, -0.2) is 17.0 Å². The number of hydrogen-bond donors (Lipinski definition) is 2. The van der Waals surface area contributed by atoms with Gasteiger partial charge in [-0.15, -0.1) is 0 Å². The van der Waals surface area contributed by atoms with E-state index in [9.17, 15) is 9.59 Å². The molecule has 5 heteroatoms. The monoisotopic (exact) mass is 213 g/mol. The van der Waals surface area contributed by atoms with E-state index < -0.39 is 5.97 Å². The van der Waals surface area contributed by atoms with Crippen molar-refractivity contribution in [3.63, 3.8) is 0 Å². The zero-order valence-corrected chi connectivity index (χ0v) is 8.13. The predicted molar refractivity (Wildman–Crippen MR) is 52.7 cm³/mol. The Kier molecular flexibility index (Phi) is 3.09. The van der Waals surface area contributed by atoms with E-state index in [1.54, 1.807) is 0 Å². The highest BCUT2D eigenvalue weighted by Crippen LogP contribution is 2.25. The number of hydrogen-bond acceptors (Lipinski definition) is 2. The van der Waals surface area contributed by atoms with E-state index in [1.807, 2.05) is 0 Å². The first-order valence-electron chi connectivity index (χ1n) is 3.81. The smallest absolute Gasteiger partial charge is 0.337 e. The standard InChI is InChI=1S/C9H8ClNO3/c1-5(12)11-7-4-2-3-6(8(7)10)9(13)14/h2-4H,1H3,(H,11,12)(H,13,14). The molecule has 74 valence electrons. The van der Waals surface area contributed by atoms with Crippen LogP contribution in [0.15, 0.2) is 18.2 Å². The fourth-order valence-electron chi connectivity index (χ4n) is 0.983. The van der Waals surface area contributed by atoms with Crippen molar-refractivity contribution in [1.29, 1.82) is 0 Å². The van der Waals surface area contributed by atoms with Crippen molar-refractivity contribution in [2.24, 2.45) is 0 Å². The number of anilines is 1. The van der Waals surface area contributed by atoms with Crippen molar-refractivity contribution in [3.05, 3.63) is 28.8 Å². The Morgan fingerprint density at radius 2 is 2.07 bits per heavy atom. The lowest BCUT2D eigenvalue weighted by atomic mass is 10.2. The molecule has 0 heterocycles. The van der Waals surface area contributed by atoms with Crippen molar-refractivity contribution in [2.75, 3.05) is 5.32 Å². The number of nitrogens with one attached hydrogen (secondary N) is 1. The fraction of sp³-hybridized carbons (Fsp3) is 0.111. The van der Waals surface area contributed by atoms with E-state index in [0.29, 0.717) is 5.69 Å². The number of aromatic carboxylic acids is 1. The minimum Gasteiger partial charge on any atom is -0.478 e. The van der Waals surface area contributed by atoms with Crippen LogP contribution < -0.4 is 5.32 Å². The Labute approximate surface area is 85.5 Å². The minimum absolute atomic E-state index is 0.0297. The lowest BCUT2D eigenvalue weighted by Crippen LogP contribution is -2.08. The second-order valence-corrected chi connectivity index (χ2v) is 3.03. The van der Waals surface area contributed by atoms with Crippen molar-refractivity contribution in [2.45, 2.75) is 6.92 Å². The van der Waals surface area contributed by atoms with Gasteiger partial charge in [-0.3, -0.25) is 4.79 Å². The van der Waals surface area contributed by atoms with Gasteiger partial charge in [-0.25, -0.2) is 4.79 Å². The molecule has 0 aliphatic heterocycles. The maximum absolute atomic E-state index is 10.7. The lowest BCUT2D eigenvalue weighted by Gasteiger charge is -2.06. The normalized spacial score (nSPS) is 9.57. The number of carboxylic acid groups (broad SMARTS) is 1. The van der Waals surface area contributed by atoms with Crippen LogP contribution in [0.5, 0.6) is 0 Å². The quantitative estimate of drug-likeness (QED) is 0.790. The molecule has 0 radical (unpaired) electrons. The van der Waals surface area contributed by atoms with Gasteiger partial charge in [0.15, 0.2) is 0 Å². The van der Waals surface area contributed by atoms with Crippen molar-refractivity contribution >= 4 is 29.2 Å². The summed E-state index contributed by atoms with van der Waals surface area (Å²) in [4.78, 5) is 21.4. The fourth-order valence-corrected chi connectivity index (χ4v) is 1.24. The third kappa shape index (κ3) is 2.23. The highest BCUT2D eigenvalue weighted by atomic mass is 35.5. The van der Waals surface area contributed by atoms with Gasteiger partial charge in [0.05, 0.1) is 16.3 Å². The van der Waals surface area contributed by atoms with E-state index in [0.717, 1.165) is 0 Å². The molecule has 0 unspecified atom stereocenters. The number of carboxylic acids is 1. The first kappa shape index (κ1) is 10.5. The largest absolute Gasteiger partial charge is 0.478 e. The van der Waals surface area contributed by atoms with Gasteiger partial charge < -0.3 is 10.4 Å². The summed E-state index contributed by atoms with van der Waals surface area (Å²) in [7, 11) is 0. The maximum atomic E-state index is 10.7. The van der Waals surface area contributed by atoms with Crippen molar-refractivity contribution < 1.29 is 14.7 Å². The summed E-state index contributed by atoms with van der Waals surface area (Å²) in [5.74, 6) is -1.42. The van der Waals surface area contributed by atoms with Crippen LogP contribution in [0.3, 0.4) is 0 Å². The molecule has 0 bridgehead atoms. The van der Waals surface area contributed by atoms with Crippen LogP contribution in [0.1, 0.15) is 17.3 Å². The number of benzene rings is 1. The Balaban J connectivity index is 3.13. The zero-order chi connectivity index (χ0) is 10.7. The van der Waals surface area contributed by atoms with Gasteiger partial charge in [0.25, 0.3) is 0 Å². The van der Waals surface area contributed by atoms with Crippen LogP contribution in [0.4, 0.5) is 5.69 Å². The molecule has 4 nitrogen and oxygen atoms in total. The van der Waals surface area contributed by atoms with E-state index in [4.69, 9.17) is 16.7 Å². The van der Waals surface area contributed by atoms with Gasteiger partial charge in [-0.1, -0.05) is 17.7 Å². The van der Waals surface area contributed by atoms with E-state index in [1.165, 1.54) is 25.1 Å². The molecule has 0 saturated carbocycles. The summed E-state index contributed by atoms with van der Waals surface area (Å²) in [5, 5.41) is 11.2.